The van der Waals surface area contributed by atoms with E-state index in [1.54, 1.807) is 6.20 Å². The number of nitrogens with one attached hydrogen (secondary N) is 1. The Morgan fingerprint density at radius 1 is 1.24 bits per heavy atom. The average Bonchev–Trinajstić information content (AvgIpc) is 3.44. The van der Waals surface area contributed by atoms with Gasteiger partial charge in [0.2, 0.25) is 5.91 Å². The molecule has 0 unspecified atom stereocenters. The van der Waals surface area contributed by atoms with E-state index in [0.717, 1.165) is 17.2 Å². The van der Waals surface area contributed by atoms with E-state index in [1.165, 1.54) is 23.1 Å². The zero-order valence-electron chi connectivity index (χ0n) is 15.4. The van der Waals surface area contributed by atoms with Crippen LogP contribution in [0.25, 0.3) is 5.69 Å². The monoisotopic (exact) mass is 444 g/mol. The minimum Gasteiger partial charge on any atom is -0.354 e. The lowest BCUT2D eigenvalue weighted by molar-refractivity contribution is -0.113. The van der Waals surface area contributed by atoms with Crippen LogP contribution >= 0.6 is 34.7 Å². The molecular weight excluding hydrogens is 428 g/mol. The molecule has 1 aromatic carbocycles. The number of benzene rings is 1. The maximum atomic E-state index is 12.2. The molecule has 1 N–H and O–H groups in total. The highest BCUT2D eigenvalue weighted by Gasteiger charge is 2.17. The number of anilines is 1. The van der Waals surface area contributed by atoms with Gasteiger partial charge in [-0.05, 0) is 36.4 Å². The molecular formula is C19H17ClN6OS2. The lowest BCUT2D eigenvalue weighted by atomic mass is 10.2. The van der Waals surface area contributed by atoms with Gasteiger partial charge in [-0.15, -0.1) is 21.5 Å². The molecule has 0 atom stereocenters. The first-order chi connectivity index (χ1) is 14.1. The summed E-state index contributed by atoms with van der Waals surface area (Å²) < 4.78 is 4.01. The Hall–Kier alpha value is -2.62. The fourth-order valence-corrected chi connectivity index (χ4v) is 4.21. The highest BCUT2D eigenvalue weighted by Crippen LogP contribution is 2.25. The van der Waals surface area contributed by atoms with Crippen LogP contribution in [-0.2, 0) is 18.3 Å². The molecule has 0 aliphatic carbocycles. The van der Waals surface area contributed by atoms with Crippen LogP contribution in [0.4, 0.5) is 5.13 Å². The summed E-state index contributed by atoms with van der Waals surface area (Å²) in [5.41, 5.74) is 2.01. The summed E-state index contributed by atoms with van der Waals surface area (Å²) in [6.45, 7) is 0. The minimum absolute atomic E-state index is 0.139. The summed E-state index contributed by atoms with van der Waals surface area (Å²) in [7, 11) is 2.00. The maximum Gasteiger partial charge on any atom is 0.236 e. The molecule has 0 spiro atoms. The van der Waals surface area contributed by atoms with Crippen molar-refractivity contribution in [2.45, 2.75) is 11.6 Å². The smallest absolute Gasteiger partial charge is 0.236 e. The number of carbonyl (C=O) groups excluding carboxylic acids is 1. The van der Waals surface area contributed by atoms with E-state index in [0.29, 0.717) is 21.7 Å². The molecule has 0 bridgehead atoms. The molecule has 3 aromatic heterocycles. The third-order valence-electron chi connectivity index (χ3n) is 4.19. The quantitative estimate of drug-likeness (QED) is 0.435. The van der Waals surface area contributed by atoms with Crippen LogP contribution < -0.4 is 5.32 Å². The van der Waals surface area contributed by atoms with Gasteiger partial charge in [-0.3, -0.25) is 9.36 Å². The lowest BCUT2D eigenvalue weighted by Gasteiger charge is -2.11. The number of hydrogen-bond donors (Lipinski definition) is 1. The first kappa shape index (κ1) is 19.7. The molecule has 4 rings (SSSR count). The summed E-state index contributed by atoms with van der Waals surface area (Å²) in [5.74, 6) is 0.853. The van der Waals surface area contributed by atoms with Crippen molar-refractivity contribution in [2.24, 2.45) is 7.05 Å². The highest BCUT2D eigenvalue weighted by atomic mass is 35.5. The van der Waals surface area contributed by atoms with Gasteiger partial charge < -0.3 is 9.88 Å². The number of nitrogens with zero attached hydrogens (tertiary/aromatic N) is 5. The van der Waals surface area contributed by atoms with Gasteiger partial charge in [-0.25, -0.2) is 4.98 Å². The number of carbonyl (C=O) groups is 1. The predicted molar refractivity (Wildman–Crippen MR) is 116 cm³/mol. The third-order valence-corrected chi connectivity index (χ3v) is 6.06. The average molecular weight is 445 g/mol. The molecule has 0 fully saturated rings. The number of halogens is 1. The minimum atomic E-state index is -0.139. The van der Waals surface area contributed by atoms with Gasteiger partial charge in [-0.2, -0.15) is 0 Å². The Balaban J connectivity index is 1.58. The van der Waals surface area contributed by atoms with Crippen molar-refractivity contribution in [3.8, 4) is 5.69 Å². The molecule has 3 heterocycles. The van der Waals surface area contributed by atoms with Crippen molar-refractivity contribution in [2.75, 3.05) is 11.1 Å². The van der Waals surface area contributed by atoms with Crippen LogP contribution in [0.2, 0.25) is 5.02 Å². The first-order valence-electron chi connectivity index (χ1n) is 8.73. The molecule has 0 radical (unpaired) electrons. The van der Waals surface area contributed by atoms with E-state index in [4.69, 9.17) is 11.6 Å². The number of aromatic nitrogens is 5. The van der Waals surface area contributed by atoms with Gasteiger partial charge in [-0.1, -0.05) is 23.4 Å². The summed E-state index contributed by atoms with van der Waals surface area (Å²) >= 11 is 8.76. The normalized spacial score (nSPS) is 11.0. The van der Waals surface area contributed by atoms with Crippen LogP contribution in [0.3, 0.4) is 0 Å². The van der Waals surface area contributed by atoms with E-state index in [1.807, 2.05) is 53.5 Å². The van der Waals surface area contributed by atoms with Gasteiger partial charge in [0.15, 0.2) is 10.3 Å². The third kappa shape index (κ3) is 4.69. The van der Waals surface area contributed by atoms with E-state index in [9.17, 15) is 4.79 Å². The van der Waals surface area contributed by atoms with Crippen LogP contribution in [0.15, 0.2) is 59.3 Å². The Bertz CT molecular complexity index is 1100. The van der Waals surface area contributed by atoms with Crippen molar-refractivity contribution < 1.29 is 4.79 Å². The largest absolute Gasteiger partial charge is 0.354 e. The summed E-state index contributed by atoms with van der Waals surface area (Å²) in [4.78, 5) is 16.3. The van der Waals surface area contributed by atoms with Crippen LogP contribution in [0, 0.1) is 0 Å². The van der Waals surface area contributed by atoms with Gasteiger partial charge >= 0.3 is 0 Å². The molecule has 4 aromatic rings. The Morgan fingerprint density at radius 3 is 2.76 bits per heavy atom. The number of amides is 1. The lowest BCUT2D eigenvalue weighted by Crippen LogP contribution is -2.14. The molecule has 10 heteroatoms. The number of aryl methyl sites for hydroxylation is 1. The van der Waals surface area contributed by atoms with Gasteiger partial charge in [0, 0.05) is 47.6 Å². The molecule has 1 amide bonds. The highest BCUT2D eigenvalue weighted by molar-refractivity contribution is 7.99. The fourth-order valence-electron chi connectivity index (χ4n) is 2.77. The van der Waals surface area contributed by atoms with Crippen LogP contribution in [0.5, 0.6) is 0 Å². The van der Waals surface area contributed by atoms with Gasteiger partial charge in [0.25, 0.3) is 0 Å². The second kappa shape index (κ2) is 8.81. The van der Waals surface area contributed by atoms with Crippen molar-refractivity contribution in [1.82, 2.24) is 24.3 Å². The standard InChI is InChI=1S/C19H17ClN6OS2/c1-25-9-2-3-15(25)11-16-23-24-19(26(16)14-6-4-13(20)5-7-14)29-12-17(27)22-18-21-8-10-28-18/h2-10H,11-12H2,1H3,(H,21,22,27). The van der Waals surface area contributed by atoms with Crippen molar-refractivity contribution in [1.29, 1.82) is 0 Å². The first-order valence-corrected chi connectivity index (χ1v) is 11.0. The molecule has 0 aliphatic rings. The maximum absolute atomic E-state index is 12.2. The molecule has 0 saturated heterocycles. The predicted octanol–water partition coefficient (Wildman–Crippen LogP) is 4.04. The van der Waals surface area contributed by atoms with Crippen molar-refractivity contribution >= 4 is 45.7 Å². The molecule has 0 aliphatic heterocycles. The van der Waals surface area contributed by atoms with Gasteiger partial charge in [0.05, 0.1) is 5.75 Å². The van der Waals surface area contributed by atoms with E-state index < -0.39 is 0 Å². The number of rotatable bonds is 7. The van der Waals surface area contributed by atoms with Crippen molar-refractivity contribution in [3.63, 3.8) is 0 Å². The zero-order valence-corrected chi connectivity index (χ0v) is 17.8. The topological polar surface area (TPSA) is 77.6 Å². The van der Waals surface area contributed by atoms with E-state index in [-0.39, 0.29) is 11.7 Å². The molecule has 148 valence electrons. The van der Waals surface area contributed by atoms with Crippen molar-refractivity contribution in [3.05, 3.63) is 70.7 Å². The Morgan fingerprint density at radius 2 is 2.07 bits per heavy atom. The summed E-state index contributed by atoms with van der Waals surface area (Å²) in [6.07, 6.45) is 4.27. The number of thiazole rings is 1. The summed E-state index contributed by atoms with van der Waals surface area (Å²) in [6, 6.07) is 11.5. The van der Waals surface area contributed by atoms with Crippen LogP contribution in [-0.4, -0.2) is 36.0 Å². The van der Waals surface area contributed by atoms with E-state index in [2.05, 4.69) is 31.1 Å². The Labute approximate surface area is 180 Å². The second-order valence-electron chi connectivity index (χ2n) is 6.17. The molecule has 7 nitrogen and oxygen atoms in total. The van der Waals surface area contributed by atoms with Crippen LogP contribution in [0.1, 0.15) is 11.5 Å². The molecule has 29 heavy (non-hydrogen) atoms. The van der Waals surface area contributed by atoms with Gasteiger partial charge in [0.1, 0.15) is 5.82 Å². The van der Waals surface area contributed by atoms with E-state index >= 15 is 0 Å². The Kier molecular flexibility index (Phi) is 5.98. The number of thioether (sulfide) groups is 1. The second-order valence-corrected chi connectivity index (χ2v) is 8.45. The SMILES string of the molecule is Cn1cccc1Cc1nnc(SCC(=O)Nc2nccs2)n1-c1ccc(Cl)cc1. The molecule has 0 saturated carbocycles. The fraction of sp³-hybridized carbons (Fsp3) is 0.158. The zero-order chi connectivity index (χ0) is 20.2. The number of hydrogen-bond acceptors (Lipinski definition) is 6. The summed E-state index contributed by atoms with van der Waals surface area (Å²) in [5, 5.41) is 15.2.